The minimum Gasteiger partial charge on any atom is -0.478 e. The van der Waals surface area contributed by atoms with Gasteiger partial charge in [-0.25, -0.2) is 4.79 Å². The van der Waals surface area contributed by atoms with Crippen LogP contribution in [-0.4, -0.2) is 60.5 Å². The lowest BCUT2D eigenvalue weighted by Crippen LogP contribution is -2.48. The van der Waals surface area contributed by atoms with E-state index >= 15 is 0 Å². The molecule has 0 aliphatic carbocycles. The lowest BCUT2D eigenvalue weighted by Gasteiger charge is -2.36. The molecule has 0 aromatic heterocycles. The maximum atomic E-state index is 12.4. The zero-order valence-electron chi connectivity index (χ0n) is 19.3. The van der Waals surface area contributed by atoms with Crippen molar-refractivity contribution in [1.82, 2.24) is 4.90 Å². The minimum absolute atomic E-state index is 0.0506. The third-order valence-electron chi connectivity index (χ3n) is 5.67. The van der Waals surface area contributed by atoms with Crippen molar-refractivity contribution in [2.45, 2.75) is 33.1 Å². The molecule has 2 amide bonds. The normalized spacial score (nSPS) is 14.1. The van der Waals surface area contributed by atoms with E-state index in [9.17, 15) is 19.5 Å². The van der Waals surface area contributed by atoms with Crippen LogP contribution in [0, 0.1) is 6.92 Å². The molecule has 0 bridgehead atoms. The first-order valence-corrected chi connectivity index (χ1v) is 11.4. The number of piperazine rings is 1. The number of anilines is 3. The predicted molar refractivity (Wildman–Crippen MR) is 130 cm³/mol. The number of rotatable bonds is 9. The number of aryl methyl sites for hydroxylation is 1. The van der Waals surface area contributed by atoms with Crippen LogP contribution < -0.4 is 15.5 Å². The van der Waals surface area contributed by atoms with Crippen LogP contribution in [0.1, 0.15) is 42.1 Å². The fourth-order valence-corrected chi connectivity index (χ4v) is 3.86. The molecule has 3 N–H and O–H groups in total. The van der Waals surface area contributed by atoms with Crippen molar-refractivity contribution in [3.8, 4) is 0 Å². The maximum Gasteiger partial charge on any atom is 0.337 e. The molecule has 1 aliphatic rings. The summed E-state index contributed by atoms with van der Waals surface area (Å²) in [5.74, 6) is -1.30. The Morgan fingerprint density at radius 3 is 2.39 bits per heavy atom. The Morgan fingerprint density at radius 2 is 1.73 bits per heavy atom. The lowest BCUT2D eigenvalue weighted by molar-refractivity contribution is -0.117. The fourth-order valence-electron chi connectivity index (χ4n) is 3.86. The van der Waals surface area contributed by atoms with Crippen molar-refractivity contribution in [3.05, 3.63) is 53.6 Å². The highest BCUT2D eigenvalue weighted by molar-refractivity contribution is 6.01. The van der Waals surface area contributed by atoms with Crippen molar-refractivity contribution in [3.63, 3.8) is 0 Å². The molecule has 1 heterocycles. The number of carboxylic acids is 1. The van der Waals surface area contributed by atoms with Gasteiger partial charge in [-0.1, -0.05) is 25.5 Å². The van der Waals surface area contributed by atoms with Crippen LogP contribution in [0.5, 0.6) is 0 Å². The molecule has 33 heavy (non-hydrogen) atoms. The third-order valence-corrected chi connectivity index (χ3v) is 5.67. The molecular formula is C25H32N4O4. The Kier molecular flexibility index (Phi) is 8.43. The molecule has 2 aromatic carbocycles. The molecule has 1 saturated heterocycles. The minimum atomic E-state index is -1.07. The van der Waals surface area contributed by atoms with E-state index in [1.165, 1.54) is 0 Å². The van der Waals surface area contributed by atoms with E-state index < -0.39 is 5.97 Å². The molecule has 1 fully saturated rings. The number of amides is 2. The summed E-state index contributed by atoms with van der Waals surface area (Å²) in [7, 11) is 0. The highest BCUT2D eigenvalue weighted by Gasteiger charge is 2.21. The molecule has 8 heteroatoms. The Morgan fingerprint density at radius 1 is 0.970 bits per heavy atom. The van der Waals surface area contributed by atoms with Crippen LogP contribution >= 0.6 is 0 Å². The summed E-state index contributed by atoms with van der Waals surface area (Å²) in [6.07, 6.45) is 2.04. The molecule has 0 saturated carbocycles. The predicted octanol–water partition coefficient (Wildman–Crippen LogP) is 3.58. The Balaban J connectivity index is 1.56. The number of hydrogen-bond acceptors (Lipinski definition) is 5. The highest BCUT2D eigenvalue weighted by atomic mass is 16.4. The van der Waals surface area contributed by atoms with Crippen LogP contribution in [0.3, 0.4) is 0 Å². The van der Waals surface area contributed by atoms with Crippen molar-refractivity contribution in [2.75, 3.05) is 48.3 Å². The van der Waals surface area contributed by atoms with E-state index in [4.69, 9.17) is 0 Å². The number of nitrogens with one attached hydrogen (secondary N) is 2. The average Bonchev–Trinajstić information content (AvgIpc) is 2.78. The topological polar surface area (TPSA) is 102 Å². The van der Waals surface area contributed by atoms with Gasteiger partial charge in [0.2, 0.25) is 11.8 Å². The van der Waals surface area contributed by atoms with Crippen molar-refractivity contribution in [2.24, 2.45) is 0 Å². The van der Waals surface area contributed by atoms with Gasteiger partial charge in [-0.05, 0) is 49.2 Å². The summed E-state index contributed by atoms with van der Waals surface area (Å²) < 4.78 is 0. The Bertz CT molecular complexity index is 1000. The van der Waals surface area contributed by atoms with E-state index in [-0.39, 0.29) is 17.4 Å². The Labute approximate surface area is 194 Å². The number of carboxylic acid groups (broad SMARTS) is 1. The summed E-state index contributed by atoms with van der Waals surface area (Å²) in [5.41, 5.74) is 3.08. The van der Waals surface area contributed by atoms with E-state index in [1.807, 2.05) is 44.2 Å². The number of benzene rings is 2. The number of hydrogen-bond donors (Lipinski definition) is 3. The average molecular weight is 453 g/mol. The Hall–Kier alpha value is -3.39. The number of carbonyl (C=O) groups is 3. The summed E-state index contributed by atoms with van der Waals surface area (Å²) in [6.45, 7) is 7.04. The van der Waals surface area contributed by atoms with Gasteiger partial charge < -0.3 is 20.6 Å². The van der Waals surface area contributed by atoms with Gasteiger partial charge in [0.25, 0.3) is 0 Å². The first kappa shape index (κ1) is 24.3. The number of nitrogens with zero attached hydrogens (tertiary/aromatic N) is 2. The summed E-state index contributed by atoms with van der Waals surface area (Å²) >= 11 is 0. The fraction of sp³-hybridized carbons (Fsp3) is 0.400. The maximum absolute atomic E-state index is 12.4. The van der Waals surface area contributed by atoms with Crippen LogP contribution in [0.25, 0.3) is 0 Å². The molecule has 0 spiro atoms. The second kappa shape index (κ2) is 11.5. The largest absolute Gasteiger partial charge is 0.478 e. The van der Waals surface area contributed by atoms with E-state index in [0.29, 0.717) is 44.8 Å². The highest BCUT2D eigenvalue weighted by Crippen LogP contribution is 2.25. The molecule has 0 unspecified atom stereocenters. The summed E-state index contributed by atoms with van der Waals surface area (Å²) in [6, 6.07) is 12.8. The van der Waals surface area contributed by atoms with E-state index in [2.05, 4.69) is 20.4 Å². The first-order valence-electron chi connectivity index (χ1n) is 11.4. The second-order valence-corrected chi connectivity index (χ2v) is 8.37. The van der Waals surface area contributed by atoms with Gasteiger partial charge >= 0.3 is 5.97 Å². The zero-order chi connectivity index (χ0) is 23.8. The molecule has 1 aliphatic heterocycles. The molecule has 176 valence electrons. The van der Waals surface area contributed by atoms with Crippen molar-refractivity contribution in [1.29, 1.82) is 0 Å². The molecule has 3 rings (SSSR count). The molecular weight excluding hydrogens is 420 g/mol. The second-order valence-electron chi connectivity index (χ2n) is 8.37. The number of aromatic carboxylic acids is 1. The van der Waals surface area contributed by atoms with Crippen LogP contribution in [0.4, 0.5) is 17.1 Å². The third kappa shape index (κ3) is 7.05. The molecule has 0 radical (unpaired) electrons. The van der Waals surface area contributed by atoms with Crippen molar-refractivity contribution >= 4 is 34.8 Å². The van der Waals surface area contributed by atoms with Gasteiger partial charge in [-0.3, -0.25) is 14.5 Å². The summed E-state index contributed by atoms with van der Waals surface area (Å²) in [4.78, 5) is 40.4. The lowest BCUT2D eigenvalue weighted by atomic mass is 10.1. The van der Waals surface area contributed by atoms with Gasteiger partial charge in [-0.2, -0.15) is 0 Å². The van der Waals surface area contributed by atoms with Gasteiger partial charge in [-0.15, -0.1) is 0 Å². The summed E-state index contributed by atoms with van der Waals surface area (Å²) in [5, 5.41) is 15.3. The zero-order valence-corrected chi connectivity index (χ0v) is 19.3. The quantitative estimate of drug-likeness (QED) is 0.538. The van der Waals surface area contributed by atoms with E-state index in [1.54, 1.807) is 12.1 Å². The standard InChI is InChI=1S/C25H32N4O4/c1-3-4-8-23(30)27-22-10-9-20(16-21(22)25(32)33)29-13-11-28(12-14-29)17-24(31)26-19-7-5-6-18(2)15-19/h5-7,9-10,15-16H,3-4,8,11-14,17H2,1-2H3,(H,26,31)(H,27,30)(H,32,33). The number of carbonyl (C=O) groups excluding carboxylic acids is 2. The molecule has 2 aromatic rings. The van der Waals surface area contributed by atoms with Gasteiger partial charge in [0, 0.05) is 44.0 Å². The van der Waals surface area contributed by atoms with Gasteiger partial charge in [0.15, 0.2) is 0 Å². The smallest absolute Gasteiger partial charge is 0.337 e. The van der Waals surface area contributed by atoms with Gasteiger partial charge in [0.1, 0.15) is 0 Å². The van der Waals surface area contributed by atoms with E-state index in [0.717, 1.165) is 29.8 Å². The van der Waals surface area contributed by atoms with Gasteiger partial charge in [0.05, 0.1) is 17.8 Å². The number of unbranched alkanes of at least 4 members (excludes halogenated alkanes) is 1. The van der Waals surface area contributed by atoms with Crippen molar-refractivity contribution < 1.29 is 19.5 Å². The molecule has 8 nitrogen and oxygen atoms in total. The molecule has 0 atom stereocenters. The monoisotopic (exact) mass is 452 g/mol. The van der Waals surface area contributed by atoms with Crippen LogP contribution in [0.2, 0.25) is 0 Å². The van der Waals surface area contributed by atoms with Crippen LogP contribution in [-0.2, 0) is 9.59 Å². The SMILES string of the molecule is CCCCC(=O)Nc1ccc(N2CCN(CC(=O)Nc3cccc(C)c3)CC2)cc1C(=O)O. The van der Waals surface area contributed by atoms with Crippen LogP contribution in [0.15, 0.2) is 42.5 Å². The first-order chi connectivity index (χ1) is 15.9.